The summed E-state index contributed by atoms with van der Waals surface area (Å²) in [7, 11) is 1.89. The quantitative estimate of drug-likeness (QED) is 0.839. The van der Waals surface area contributed by atoms with Crippen LogP contribution in [-0.2, 0) is 0 Å². The van der Waals surface area contributed by atoms with Gasteiger partial charge in [-0.15, -0.1) is 0 Å². The zero-order valence-corrected chi connectivity index (χ0v) is 12.1. The molecule has 1 aromatic rings. The number of hydrogen-bond acceptors (Lipinski definition) is 3. The van der Waals surface area contributed by atoms with Gasteiger partial charge in [-0.2, -0.15) is 11.8 Å². The molecule has 100 valence electrons. The van der Waals surface area contributed by atoms with Crippen molar-refractivity contribution in [3.05, 3.63) is 23.7 Å². The highest BCUT2D eigenvalue weighted by Gasteiger charge is 2.31. The molecule has 1 aromatic heterocycles. The third-order valence-corrected chi connectivity index (χ3v) is 4.81. The van der Waals surface area contributed by atoms with Crippen molar-refractivity contribution in [2.75, 3.05) is 12.8 Å². The summed E-state index contributed by atoms with van der Waals surface area (Å²) in [6, 6.07) is 3.97. The van der Waals surface area contributed by atoms with Crippen molar-refractivity contribution in [3.8, 4) is 0 Å². The molecule has 0 saturated heterocycles. The summed E-state index contributed by atoms with van der Waals surface area (Å²) < 4.78 is 5.40. The molecule has 4 heteroatoms. The zero-order valence-electron chi connectivity index (χ0n) is 11.3. The molecule has 0 bridgehead atoms. The SMILES string of the molecule is CCS[C@@H]1CC[C@@H](N(C)C(=O)c2ccc(C)o2)C1. The average Bonchev–Trinajstić information content (AvgIpc) is 2.97. The Labute approximate surface area is 113 Å². The standard InChI is InChI=1S/C14H21NO2S/c1-4-18-12-7-6-11(9-12)15(3)14(16)13-8-5-10(2)17-13/h5,8,11-12H,4,6-7,9H2,1-3H3/t11-,12-/m1/s1. The van der Waals surface area contributed by atoms with Gasteiger partial charge in [0.25, 0.3) is 5.91 Å². The number of amides is 1. The second-order valence-corrected chi connectivity index (χ2v) is 6.45. The minimum absolute atomic E-state index is 0.00949. The maximum Gasteiger partial charge on any atom is 0.289 e. The van der Waals surface area contributed by atoms with Crippen LogP contribution < -0.4 is 0 Å². The predicted octanol–water partition coefficient (Wildman–Crippen LogP) is 3.33. The Balaban J connectivity index is 1.95. The molecule has 1 aliphatic rings. The summed E-state index contributed by atoms with van der Waals surface area (Å²) in [4.78, 5) is 14.1. The summed E-state index contributed by atoms with van der Waals surface area (Å²) in [5.74, 6) is 2.42. The summed E-state index contributed by atoms with van der Waals surface area (Å²) in [6.07, 6.45) is 3.44. The molecule has 0 spiro atoms. The van der Waals surface area contributed by atoms with Crippen molar-refractivity contribution in [1.82, 2.24) is 4.90 Å². The van der Waals surface area contributed by atoms with E-state index >= 15 is 0 Å². The third kappa shape index (κ3) is 2.91. The average molecular weight is 267 g/mol. The molecule has 0 unspecified atom stereocenters. The van der Waals surface area contributed by atoms with Crippen LogP contribution in [0.15, 0.2) is 16.5 Å². The highest BCUT2D eigenvalue weighted by Crippen LogP contribution is 2.32. The maximum atomic E-state index is 12.2. The molecule has 1 heterocycles. The van der Waals surface area contributed by atoms with Gasteiger partial charge >= 0.3 is 0 Å². The lowest BCUT2D eigenvalue weighted by atomic mass is 10.2. The molecular formula is C14H21NO2S. The summed E-state index contributed by atoms with van der Waals surface area (Å²) in [5, 5.41) is 0.716. The minimum atomic E-state index is 0.00949. The highest BCUT2D eigenvalue weighted by molar-refractivity contribution is 7.99. The van der Waals surface area contributed by atoms with E-state index in [4.69, 9.17) is 4.42 Å². The molecule has 1 saturated carbocycles. The molecule has 0 N–H and O–H groups in total. The van der Waals surface area contributed by atoms with Gasteiger partial charge in [-0.1, -0.05) is 6.92 Å². The van der Waals surface area contributed by atoms with Crippen LogP contribution in [0.25, 0.3) is 0 Å². The van der Waals surface area contributed by atoms with Gasteiger partial charge in [0, 0.05) is 18.3 Å². The number of hydrogen-bond donors (Lipinski definition) is 0. The van der Waals surface area contributed by atoms with E-state index in [0.717, 1.165) is 24.4 Å². The molecule has 0 aliphatic heterocycles. The number of aryl methyl sites for hydroxylation is 1. The summed E-state index contributed by atoms with van der Waals surface area (Å²) >= 11 is 2.01. The molecular weight excluding hydrogens is 246 g/mol. The van der Waals surface area contributed by atoms with Gasteiger partial charge in [0.15, 0.2) is 5.76 Å². The Kier molecular flexibility index (Phi) is 4.38. The fourth-order valence-corrected chi connectivity index (χ4v) is 3.68. The Hall–Kier alpha value is -0.900. The van der Waals surface area contributed by atoms with Gasteiger partial charge in [0.1, 0.15) is 5.76 Å². The monoisotopic (exact) mass is 267 g/mol. The van der Waals surface area contributed by atoms with Crippen LogP contribution in [0.4, 0.5) is 0 Å². The van der Waals surface area contributed by atoms with Gasteiger partial charge in [0.05, 0.1) is 0 Å². The van der Waals surface area contributed by atoms with Crippen molar-refractivity contribution in [1.29, 1.82) is 0 Å². The molecule has 1 aliphatic carbocycles. The molecule has 3 nitrogen and oxygen atoms in total. The number of furan rings is 1. The van der Waals surface area contributed by atoms with Crippen molar-refractivity contribution in [2.24, 2.45) is 0 Å². The number of rotatable bonds is 4. The molecule has 2 atom stereocenters. The lowest BCUT2D eigenvalue weighted by Gasteiger charge is -2.23. The minimum Gasteiger partial charge on any atom is -0.456 e. The van der Waals surface area contributed by atoms with Crippen LogP contribution in [0.2, 0.25) is 0 Å². The maximum absolute atomic E-state index is 12.2. The van der Waals surface area contributed by atoms with Crippen LogP contribution >= 0.6 is 11.8 Å². The number of carbonyl (C=O) groups excluding carboxylic acids is 1. The van der Waals surface area contributed by atoms with E-state index in [2.05, 4.69) is 6.92 Å². The largest absolute Gasteiger partial charge is 0.456 e. The summed E-state index contributed by atoms with van der Waals surface area (Å²) in [6.45, 7) is 4.05. The van der Waals surface area contributed by atoms with Crippen molar-refractivity contribution >= 4 is 17.7 Å². The van der Waals surface area contributed by atoms with E-state index in [1.54, 1.807) is 6.07 Å². The van der Waals surface area contributed by atoms with E-state index < -0.39 is 0 Å². The Morgan fingerprint density at radius 2 is 2.28 bits per heavy atom. The number of carbonyl (C=O) groups is 1. The molecule has 0 radical (unpaired) electrons. The van der Waals surface area contributed by atoms with Crippen molar-refractivity contribution in [3.63, 3.8) is 0 Å². The Morgan fingerprint density at radius 1 is 1.50 bits per heavy atom. The highest BCUT2D eigenvalue weighted by atomic mass is 32.2. The van der Waals surface area contributed by atoms with Gasteiger partial charge in [-0.25, -0.2) is 0 Å². The second kappa shape index (κ2) is 5.83. The first-order valence-electron chi connectivity index (χ1n) is 6.57. The van der Waals surface area contributed by atoms with E-state index in [1.165, 1.54) is 6.42 Å². The Bertz CT molecular complexity index is 416. The van der Waals surface area contributed by atoms with Crippen LogP contribution in [-0.4, -0.2) is 34.9 Å². The summed E-state index contributed by atoms with van der Waals surface area (Å²) in [5.41, 5.74) is 0. The fraction of sp³-hybridized carbons (Fsp3) is 0.643. The van der Waals surface area contributed by atoms with E-state index in [-0.39, 0.29) is 5.91 Å². The molecule has 0 aromatic carbocycles. The van der Waals surface area contributed by atoms with Gasteiger partial charge < -0.3 is 9.32 Å². The van der Waals surface area contributed by atoms with Gasteiger partial charge in [0.2, 0.25) is 0 Å². The zero-order chi connectivity index (χ0) is 13.1. The van der Waals surface area contributed by atoms with Crippen LogP contribution in [0.3, 0.4) is 0 Å². The van der Waals surface area contributed by atoms with Crippen LogP contribution in [0.5, 0.6) is 0 Å². The molecule has 1 fully saturated rings. The number of thioether (sulfide) groups is 1. The Morgan fingerprint density at radius 3 is 2.89 bits per heavy atom. The first-order valence-corrected chi connectivity index (χ1v) is 7.62. The van der Waals surface area contributed by atoms with Crippen molar-refractivity contribution < 1.29 is 9.21 Å². The molecule has 1 amide bonds. The van der Waals surface area contributed by atoms with Crippen LogP contribution in [0.1, 0.15) is 42.5 Å². The van der Waals surface area contributed by atoms with Crippen LogP contribution in [0, 0.1) is 6.92 Å². The fourth-order valence-electron chi connectivity index (χ4n) is 2.55. The molecule has 2 rings (SSSR count). The van der Waals surface area contributed by atoms with Gasteiger partial charge in [-0.05, 0) is 44.1 Å². The van der Waals surface area contributed by atoms with E-state index in [9.17, 15) is 4.79 Å². The lowest BCUT2D eigenvalue weighted by Crippen LogP contribution is -2.35. The predicted molar refractivity (Wildman–Crippen MR) is 75.1 cm³/mol. The third-order valence-electron chi connectivity index (χ3n) is 3.58. The smallest absolute Gasteiger partial charge is 0.289 e. The first kappa shape index (κ1) is 13.5. The topological polar surface area (TPSA) is 33.5 Å². The van der Waals surface area contributed by atoms with Crippen molar-refractivity contribution in [2.45, 2.75) is 44.4 Å². The van der Waals surface area contributed by atoms with Gasteiger partial charge in [-0.3, -0.25) is 4.79 Å². The lowest BCUT2D eigenvalue weighted by molar-refractivity contribution is 0.0702. The van der Waals surface area contributed by atoms with E-state index in [1.807, 2.05) is 36.7 Å². The van der Waals surface area contributed by atoms with E-state index in [0.29, 0.717) is 17.1 Å². The molecule has 18 heavy (non-hydrogen) atoms. The first-order chi connectivity index (χ1) is 8.61. The number of nitrogens with zero attached hydrogens (tertiary/aromatic N) is 1. The second-order valence-electron chi connectivity index (χ2n) is 4.87. The normalized spacial score (nSPS) is 23.3.